The van der Waals surface area contributed by atoms with Crippen LogP contribution in [0.2, 0.25) is 0 Å². The lowest BCUT2D eigenvalue weighted by molar-refractivity contribution is 0.104. The van der Waals surface area contributed by atoms with Gasteiger partial charge in [0.1, 0.15) is 23.5 Å². The van der Waals surface area contributed by atoms with Crippen molar-refractivity contribution in [1.29, 1.82) is 10.5 Å². The van der Waals surface area contributed by atoms with Crippen LogP contribution in [0.1, 0.15) is 27.0 Å². The summed E-state index contributed by atoms with van der Waals surface area (Å²) in [4.78, 5) is 21.9. The summed E-state index contributed by atoms with van der Waals surface area (Å²) in [5.74, 6) is -5.27. The van der Waals surface area contributed by atoms with E-state index in [1.165, 1.54) is 12.4 Å². The first-order chi connectivity index (χ1) is 15.0. The lowest BCUT2D eigenvalue weighted by Gasteiger charge is -2.09. The number of hydrogen-bond donors (Lipinski definition) is 0. The third kappa shape index (κ3) is 2.33. The van der Waals surface area contributed by atoms with Gasteiger partial charge in [-0.1, -0.05) is 12.1 Å². The summed E-state index contributed by atoms with van der Waals surface area (Å²) >= 11 is 0. The fourth-order valence-electron chi connectivity index (χ4n) is 4.05. The summed E-state index contributed by atoms with van der Waals surface area (Å²) in [6.07, 6.45) is 3.05. The van der Waals surface area contributed by atoms with E-state index in [1.54, 1.807) is 36.4 Å². The van der Waals surface area contributed by atoms with Gasteiger partial charge in [0.15, 0.2) is 17.4 Å². The van der Waals surface area contributed by atoms with Crippen molar-refractivity contribution >= 4 is 16.9 Å². The molecule has 0 spiro atoms. The highest BCUT2D eigenvalue weighted by atomic mass is 19.2. The molecule has 1 aromatic carbocycles. The van der Waals surface area contributed by atoms with Crippen LogP contribution in [0.3, 0.4) is 0 Å². The predicted octanol–water partition coefficient (Wildman–Crippen LogP) is 4.37. The van der Waals surface area contributed by atoms with Crippen molar-refractivity contribution < 1.29 is 18.0 Å². The van der Waals surface area contributed by atoms with Gasteiger partial charge in [0, 0.05) is 51.9 Å². The van der Waals surface area contributed by atoms with Crippen LogP contribution >= 0.6 is 0 Å². The van der Waals surface area contributed by atoms with Crippen molar-refractivity contribution in [2.45, 2.75) is 0 Å². The number of allylic oxidation sites excluding steroid dienone is 3. The van der Waals surface area contributed by atoms with E-state index in [2.05, 4.69) is 9.97 Å². The van der Waals surface area contributed by atoms with E-state index in [1.807, 2.05) is 0 Å². The zero-order valence-electron chi connectivity index (χ0n) is 15.4. The summed E-state index contributed by atoms with van der Waals surface area (Å²) < 4.78 is 43.5. The van der Waals surface area contributed by atoms with Gasteiger partial charge in [-0.3, -0.25) is 14.8 Å². The van der Waals surface area contributed by atoms with Crippen LogP contribution in [0.25, 0.3) is 22.5 Å². The van der Waals surface area contributed by atoms with E-state index >= 15 is 0 Å². The molecule has 5 rings (SSSR count). The van der Waals surface area contributed by atoms with Crippen molar-refractivity contribution in [3.63, 3.8) is 0 Å². The molecule has 0 aliphatic heterocycles. The molecule has 0 fully saturated rings. The minimum Gasteiger partial charge on any atom is -0.288 e. The van der Waals surface area contributed by atoms with Crippen molar-refractivity contribution in [2.24, 2.45) is 0 Å². The predicted molar refractivity (Wildman–Crippen MR) is 102 cm³/mol. The fourth-order valence-corrected chi connectivity index (χ4v) is 4.05. The van der Waals surface area contributed by atoms with Gasteiger partial charge in [0.2, 0.25) is 0 Å². The lowest BCUT2D eigenvalue weighted by Crippen LogP contribution is -2.03. The van der Waals surface area contributed by atoms with Crippen molar-refractivity contribution in [1.82, 2.24) is 9.97 Å². The van der Waals surface area contributed by atoms with E-state index in [-0.39, 0.29) is 17.2 Å². The van der Waals surface area contributed by atoms with Gasteiger partial charge in [-0.15, -0.1) is 0 Å². The summed E-state index contributed by atoms with van der Waals surface area (Å²) in [6.45, 7) is 0. The number of benzene rings is 1. The van der Waals surface area contributed by atoms with Gasteiger partial charge in [-0.2, -0.15) is 10.5 Å². The first-order valence-corrected chi connectivity index (χ1v) is 8.92. The van der Waals surface area contributed by atoms with Crippen molar-refractivity contribution in [3.05, 3.63) is 93.6 Å². The van der Waals surface area contributed by atoms with Crippen LogP contribution in [0.15, 0.2) is 53.9 Å². The second-order valence-electron chi connectivity index (χ2n) is 6.76. The SMILES string of the molecule is N#CC(C#N)=C1C(=C2c3cccnc3-c3ncccc32)C(=O)c2c(F)cc(F)c(F)c21. The molecule has 2 aromatic heterocycles. The number of nitrogens with zero attached hydrogens (tertiary/aromatic N) is 4. The van der Waals surface area contributed by atoms with Crippen LogP contribution in [0.4, 0.5) is 13.2 Å². The third-order valence-electron chi connectivity index (χ3n) is 5.23. The molecule has 0 saturated carbocycles. The molecule has 3 aromatic rings. The first kappa shape index (κ1) is 18.5. The molecule has 0 N–H and O–H groups in total. The van der Waals surface area contributed by atoms with Crippen LogP contribution in [0, 0.1) is 40.1 Å². The smallest absolute Gasteiger partial charge is 0.198 e. The van der Waals surface area contributed by atoms with E-state index < -0.39 is 45.5 Å². The van der Waals surface area contributed by atoms with Crippen LogP contribution in [0.5, 0.6) is 0 Å². The summed E-state index contributed by atoms with van der Waals surface area (Å²) in [5.41, 5.74) is -0.806. The van der Waals surface area contributed by atoms with Gasteiger partial charge in [0.25, 0.3) is 0 Å². The molecule has 5 nitrogen and oxygen atoms in total. The Labute approximate surface area is 173 Å². The molecule has 8 heteroatoms. The molecular weight excluding hydrogens is 405 g/mol. The first-order valence-electron chi connectivity index (χ1n) is 8.92. The van der Waals surface area contributed by atoms with Gasteiger partial charge in [0.05, 0.1) is 17.0 Å². The number of pyridine rings is 2. The summed E-state index contributed by atoms with van der Waals surface area (Å²) in [6, 6.07) is 10.0. The largest absolute Gasteiger partial charge is 0.288 e. The standard InChI is InChI=1S/C23H7F3N4O/c24-13-7-14(25)20(26)18-15(10(8-27)9-28)19(23(31)17(13)18)16-11-3-1-5-29-21(11)22-12(16)4-2-6-30-22/h1-7H. The Bertz CT molecular complexity index is 1440. The summed E-state index contributed by atoms with van der Waals surface area (Å²) in [5, 5.41) is 19.0. The number of rotatable bonds is 0. The highest BCUT2D eigenvalue weighted by Gasteiger charge is 2.43. The topological polar surface area (TPSA) is 90.4 Å². The minimum atomic E-state index is -1.53. The van der Waals surface area contributed by atoms with Gasteiger partial charge in [-0.05, 0) is 12.1 Å². The second kappa shape index (κ2) is 6.48. The second-order valence-corrected chi connectivity index (χ2v) is 6.76. The maximum absolute atomic E-state index is 14.8. The molecule has 2 heterocycles. The highest BCUT2D eigenvalue weighted by Crippen LogP contribution is 2.51. The van der Waals surface area contributed by atoms with E-state index in [0.717, 1.165) is 0 Å². The normalized spacial score (nSPS) is 13.5. The Morgan fingerprint density at radius 2 is 1.42 bits per heavy atom. The van der Waals surface area contributed by atoms with Crippen LogP contribution in [-0.2, 0) is 0 Å². The maximum Gasteiger partial charge on any atom is 0.198 e. The number of Topliss-reactive ketones (excluding diaryl/α,β-unsaturated/α-hetero) is 1. The fraction of sp³-hybridized carbons (Fsp3) is 0. The average molecular weight is 412 g/mol. The Balaban J connectivity index is 2.02. The quantitative estimate of drug-likeness (QED) is 0.243. The van der Waals surface area contributed by atoms with Crippen LogP contribution < -0.4 is 0 Å². The minimum absolute atomic E-state index is 0.226. The molecule has 0 atom stereocenters. The Kier molecular flexibility index (Phi) is 3.86. The zero-order valence-corrected chi connectivity index (χ0v) is 15.4. The molecule has 2 aliphatic rings. The van der Waals surface area contributed by atoms with E-state index in [4.69, 9.17) is 0 Å². The molecular formula is C23H7F3N4O. The molecule has 0 amide bonds. The number of hydrogen-bond acceptors (Lipinski definition) is 5. The average Bonchev–Trinajstić information content (AvgIpc) is 3.26. The van der Waals surface area contributed by atoms with E-state index in [9.17, 15) is 28.5 Å². The summed E-state index contributed by atoms with van der Waals surface area (Å²) in [7, 11) is 0. The third-order valence-corrected chi connectivity index (χ3v) is 5.23. The van der Waals surface area contributed by atoms with Gasteiger partial charge in [-0.25, -0.2) is 13.2 Å². The lowest BCUT2D eigenvalue weighted by atomic mass is 9.91. The Morgan fingerprint density at radius 1 is 0.839 bits per heavy atom. The van der Waals surface area contributed by atoms with Crippen molar-refractivity contribution in [3.8, 4) is 23.5 Å². The number of ketones is 1. The number of fused-ring (bicyclic) bond motifs is 4. The molecule has 146 valence electrons. The molecule has 31 heavy (non-hydrogen) atoms. The number of halogens is 3. The van der Waals surface area contributed by atoms with Gasteiger partial charge < -0.3 is 0 Å². The molecule has 0 unspecified atom stereocenters. The molecule has 2 aliphatic carbocycles. The molecule has 0 bridgehead atoms. The van der Waals surface area contributed by atoms with E-state index in [0.29, 0.717) is 22.5 Å². The monoisotopic (exact) mass is 412 g/mol. The Morgan fingerprint density at radius 3 is 1.97 bits per heavy atom. The zero-order chi connectivity index (χ0) is 21.9. The Hall–Kier alpha value is -4.56. The van der Waals surface area contributed by atoms with Crippen LogP contribution in [-0.4, -0.2) is 15.8 Å². The molecule has 0 radical (unpaired) electrons. The van der Waals surface area contributed by atoms with Crippen molar-refractivity contribution in [2.75, 3.05) is 0 Å². The number of carbonyl (C=O) groups excluding carboxylic acids is 1. The maximum atomic E-state index is 14.8. The van der Waals surface area contributed by atoms with Gasteiger partial charge >= 0.3 is 0 Å². The molecule has 0 saturated heterocycles. The number of nitriles is 2. The number of aromatic nitrogens is 2. The highest BCUT2D eigenvalue weighted by molar-refractivity contribution is 6.33. The number of carbonyl (C=O) groups is 1.